The van der Waals surface area contributed by atoms with Crippen LogP contribution in [0.5, 0.6) is 0 Å². The van der Waals surface area contributed by atoms with Crippen LogP contribution in [0, 0.1) is 11.6 Å². The van der Waals surface area contributed by atoms with Crippen molar-refractivity contribution in [2.75, 3.05) is 38.6 Å². The molecule has 0 spiro atoms. The highest BCUT2D eigenvalue weighted by Crippen LogP contribution is 2.20. The van der Waals surface area contributed by atoms with E-state index in [1.807, 2.05) is 36.9 Å². The predicted octanol–water partition coefficient (Wildman–Crippen LogP) is 2.76. The molecule has 3 rings (SSSR count). The maximum atomic E-state index is 14.0. The van der Waals surface area contributed by atoms with Crippen LogP contribution >= 0.6 is 0 Å². The first kappa shape index (κ1) is 22.0. The lowest BCUT2D eigenvalue weighted by Gasteiger charge is -2.20. The number of rotatable bonds is 7. The van der Waals surface area contributed by atoms with Crippen molar-refractivity contribution < 1.29 is 8.78 Å². The Labute approximate surface area is 177 Å². The van der Waals surface area contributed by atoms with Gasteiger partial charge in [-0.1, -0.05) is 6.07 Å². The van der Waals surface area contributed by atoms with Gasteiger partial charge in [0.2, 0.25) is 0 Å². The summed E-state index contributed by atoms with van der Waals surface area (Å²) < 4.78 is 28.0. The van der Waals surface area contributed by atoms with Crippen molar-refractivity contribution in [3.8, 4) is 0 Å². The standard InChI is InChI=1S/C22H30F2N6/c1-4-25-22(27-13-16-7-8-19(23)17(12-16)14-29(2)3)28-18-9-11-30(15-18)21-20(24)6-5-10-26-21/h5-8,10,12,18H,4,9,11,13-15H2,1-3H3,(H2,25,27,28). The molecule has 2 N–H and O–H groups in total. The molecular weight excluding hydrogens is 386 g/mol. The minimum Gasteiger partial charge on any atom is -0.357 e. The second-order valence-electron chi connectivity index (χ2n) is 7.74. The van der Waals surface area contributed by atoms with E-state index in [2.05, 4.69) is 20.6 Å². The second-order valence-corrected chi connectivity index (χ2v) is 7.74. The van der Waals surface area contributed by atoms with Gasteiger partial charge in [0.25, 0.3) is 0 Å². The van der Waals surface area contributed by atoms with Gasteiger partial charge >= 0.3 is 0 Å². The average Bonchev–Trinajstić information content (AvgIpc) is 3.17. The maximum absolute atomic E-state index is 14.0. The number of halogens is 2. The lowest BCUT2D eigenvalue weighted by Crippen LogP contribution is -2.44. The summed E-state index contributed by atoms with van der Waals surface area (Å²) in [7, 11) is 3.83. The molecule has 1 saturated heterocycles. The van der Waals surface area contributed by atoms with E-state index in [-0.39, 0.29) is 17.7 Å². The molecule has 0 aliphatic carbocycles. The molecule has 0 bridgehead atoms. The van der Waals surface area contributed by atoms with Gasteiger partial charge in [-0.3, -0.25) is 0 Å². The Balaban J connectivity index is 1.63. The zero-order valence-corrected chi connectivity index (χ0v) is 17.8. The van der Waals surface area contributed by atoms with E-state index < -0.39 is 0 Å². The van der Waals surface area contributed by atoms with E-state index in [1.54, 1.807) is 18.3 Å². The summed E-state index contributed by atoms with van der Waals surface area (Å²) in [5, 5.41) is 6.68. The van der Waals surface area contributed by atoms with Crippen LogP contribution in [-0.2, 0) is 13.1 Å². The molecule has 0 radical (unpaired) electrons. The summed E-state index contributed by atoms with van der Waals surface area (Å²) in [6.07, 6.45) is 2.47. The Morgan fingerprint density at radius 3 is 2.83 bits per heavy atom. The first-order chi connectivity index (χ1) is 14.5. The van der Waals surface area contributed by atoms with Gasteiger partial charge in [-0.2, -0.15) is 0 Å². The summed E-state index contributed by atoms with van der Waals surface area (Å²) in [5.41, 5.74) is 1.61. The molecule has 1 unspecified atom stereocenters. The Bertz CT molecular complexity index is 870. The fourth-order valence-corrected chi connectivity index (χ4v) is 3.55. The number of anilines is 1. The lowest BCUT2D eigenvalue weighted by molar-refractivity contribution is 0.392. The van der Waals surface area contributed by atoms with Gasteiger partial charge in [-0.05, 0) is 57.3 Å². The third kappa shape index (κ3) is 5.89. The van der Waals surface area contributed by atoms with Gasteiger partial charge in [-0.25, -0.2) is 18.8 Å². The largest absolute Gasteiger partial charge is 0.357 e. The molecule has 1 aromatic heterocycles. The molecule has 1 fully saturated rings. The van der Waals surface area contributed by atoms with Crippen LogP contribution in [0.1, 0.15) is 24.5 Å². The number of aromatic nitrogens is 1. The highest BCUT2D eigenvalue weighted by molar-refractivity contribution is 5.80. The molecule has 0 saturated carbocycles. The van der Waals surface area contributed by atoms with Crippen LogP contribution in [0.4, 0.5) is 14.6 Å². The van der Waals surface area contributed by atoms with E-state index in [0.29, 0.717) is 37.0 Å². The highest BCUT2D eigenvalue weighted by Gasteiger charge is 2.25. The summed E-state index contributed by atoms with van der Waals surface area (Å²) in [4.78, 5) is 12.7. The monoisotopic (exact) mass is 416 g/mol. The SMILES string of the molecule is CCNC(=NCc1ccc(F)c(CN(C)C)c1)NC1CCN(c2ncccc2F)C1. The van der Waals surface area contributed by atoms with Crippen molar-refractivity contribution in [3.05, 3.63) is 59.3 Å². The maximum Gasteiger partial charge on any atom is 0.191 e. The lowest BCUT2D eigenvalue weighted by atomic mass is 10.1. The number of guanidine groups is 1. The summed E-state index contributed by atoms with van der Waals surface area (Å²) >= 11 is 0. The van der Waals surface area contributed by atoms with Gasteiger partial charge in [0.1, 0.15) is 5.82 Å². The van der Waals surface area contributed by atoms with Crippen LogP contribution < -0.4 is 15.5 Å². The van der Waals surface area contributed by atoms with Gasteiger partial charge in [0.05, 0.1) is 6.54 Å². The number of nitrogens with zero attached hydrogens (tertiary/aromatic N) is 4. The fourth-order valence-electron chi connectivity index (χ4n) is 3.55. The minimum absolute atomic E-state index is 0.140. The van der Waals surface area contributed by atoms with Crippen molar-refractivity contribution in [2.45, 2.75) is 32.5 Å². The number of aliphatic imine (C=N–C) groups is 1. The van der Waals surface area contributed by atoms with Crippen LogP contribution in [0.2, 0.25) is 0 Å². The van der Waals surface area contributed by atoms with Gasteiger partial charge in [0, 0.05) is 44.0 Å². The first-order valence-electron chi connectivity index (χ1n) is 10.3. The number of hydrogen-bond donors (Lipinski definition) is 2. The highest BCUT2D eigenvalue weighted by atomic mass is 19.1. The van der Waals surface area contributed by atoms with E-state index in [0.717, 1.165) is 25.1 Å². The Morgan fingerprint density at radius 1 is 1.27 bits per heavy atom. The van der Waals surface area contributed by atoms with Crippen molar-refractivity contribution in [3.63, 3.8) is 0 Å². The number of nitrogens with one attached hydrogen (secondary N) is 2. The smallest absolute Gasteiger partial charge is 0.191 e. The van der Waals surface area contributed by atoms with Gasteiger partial charge in [0.15, 0.2) is 17.6 Å². The van der Waals surface area contributed by atoms with Crippen LogP contribution in [0.3, 0.4) is 0 Å². The summed E-state index contributed by atoms with van der Waals surface area (Å²) in [6, 6.07) is 8.30. The molecule has 1 aliphatic rings. The molecule has 6 nitrogen and oxygen atoms in total. The zero-order chi connectivity index (χ0) is 21.5. The van der Waals surface area contributed by atoms with E-state index >= 15 is 0 Å². The van der Waals surface area contributed by atoms with Crippen LogP contribution in [0.25, 0.3) is 0 Å². The predicted molar refractivity (Wildman–Crippen MR) is 117 cm³/mol. The minimum atomic E-state index is -0.302. The number of benzene rings is 1. The fraction of sp³-hybridized carbons (Fsp3) is 0.455. The number of pyridine rings is 1. The van der Waals surface area contributed by atoms with E-state index in [4.69, 9.17) is 0 Å². The topological polar surface area (TPSA) is 55.8 Å². The molecule has 0 amide bonds. The third-order valence-corrected chi connectivity index (χ3v) is 4.93. The van der Waals surface area contributed by atoms with Crippen molar-refractivity contribution in [1.29, 1.82) is 0 Å². The molecular formula is C22H30F2N6. The molecule has 1 aliphatic heterocycles. The van der Waals surface area contributed by atoms with Crippen molar-refractivity contribution in [1.82, 2.24) is 20.5 Å². The van der Waals surface area contributed by atoms with E-state index in [1.165, 1.54) is 12.1 Å². The third-order valence-electron chi connectivity index (χ3n) is 4.93. The molecule has 2 heterocycles. The number of hydrogen-bond acceptors (Lipinski definition) is 4. The van der Waals surface area contributed by atoms with Gasteiger partial charge < -0.3 is 20.4 Å². The van der Waals surface area contributed by atoms with Crippen LogP contribution in [0.15, 0.2) is 41.5 Å². The molecule has 2 aromatic rings. The van der Waals surface area contributed by atoms with Crippen molar-refractivity contribution >= 4 is 11.8 Å². The molecule has 1 atom stereocenters. The normalized spacial score (nSPS) is 16.9. The quantitative estimate of drug-likeness (QED) is 0.537. The molecule has 162 valence electrons. The Kier molecular flexibility index (Phi) is 7.57. The zero-order valence-electron chi connectivity index (χ0n) is 17.8. The summed E-state index contributed by atoms with van der Waals surface area (Å²) in [5.74, 6) is 0.589. The van der Waals surface area contributed by atoms with Gasteiger partial charge in [-0.15, -0.1) is 0 Å². The van der Waals surface area contributed by atoms with Crippen molar-refractivity contribution in [2.24, 2.45) is 4.99 Å². The average molecular weight is 417 g/mol. The Hall–Kier alpha value is -2.74. The second kappa shape index (κ2) is 10.3. The van der Waals surface area contributed by atoms with E-state index in [9.17, 15) is 8.78 Å². The first-order valence-corrected chi connectivity index (χ1v) is 10.3. The Morgan fingerprint density at radius 2 is 2.10 bits per heavy atom. The molecule has 1 aromatic carbocycles. The summed E-state index contributed by atoms with van der Waals surface area (Å²) in [6.45, 7) is 5.12. The van der Waals surface area contributed by atoms with Crippen LogP contribution in [-0.4, -0.2) is 55.6 Å². The molecule has 30 heavy (non-hydrogen) atoms. The molecule has 8 heteroatoms.